The summed E-state index contributed by atoms with van der Waals surface area (Å²) in [6, 6.07) is 0. The Hall–Kier alpha value is -2.51. The van der Waals surface area contributed by atoms with E-state index in [-0.39, 0.29) is 24.5 Å². The van der Waals surface area contributed by atoms with E-state index in [9.17, 15) is 19.2 Å². The summed E-state index contributed by atoms with van der Waals surface area (Å²) >= 11 is 0. The number of nitrogens with one attached hydrogen (secondary N) is 3. The highest BCUT2D eigenvalue weighted by molar-refractivity contribution is 5.86. The first kappa shape index (κ1) is 40.5. The number of halogens is 1. The Morgan fingerprint density at radius 3 is 1.51 bits per heavy atom. The molecule has 2 atom stereocenters. The molecule has 13 heteroatoms. The number of hydrogen-bond donors (Lipinski definition) is 3. The number of hydrogen-bond acceptors (Lipinski definition) is 11. The molecule has 0 bridgehead atoms. The van der Waals surface area contributed by atoms with Gasteiger partial charge in [0.05, 0.1) is 6.42 Å². The van der Waals surface area contributed by atoms with E-state index in [1.807, 2.05) is 6.92 Å². The number of rotatable bonds is 14. The number of amides is 1. The Morgan fingerprint density at radius 2 is 1.09 bits per heavy atom. The molecule has 0 aliphatic heterocycles. The number of ether oxygens (including phenoxy) is 4. The van der Waals surface area contributed by atoms with E-state index in [2.05, 4.69) is 16.0 Å². The molecule has 0 saturated carbocycles. The van der Waals surface area contributed by atoms with E-state index >= 15 is 4.48 Å². The Balaban J connectivity index is 6.76. The zero-order valence-corrected chi connectivity index (χ0v) is 28.8. The third-order valence-electron chi connectivity index (χ3n) is 5.50. The third-order valence-corrected chi connectivity index (χ3v) is 5.50. The van der Waals surface area contributed by atoms with Gasteiger partial charge in [0.1, 0.15) is 22.4 Å². The lowest BCUT2D eigenvalue weighted by Gasteiger charge is -2.41. The fraction of sp³-hybridized carbons (Fsp3) is 0.867. The summed E-state index contributed by atoms with van der Waals surface area (Å²) in [6.07, 6.45) is -1.65. The first-order chi connectivity index (χ1) is 19.2. The van der Waals surface area contributed by atoms with Crippen LogP contribution in [-0.4, -0.2) is 83.0 Å². The molecule has 0 radical (unpaired) electrons. The van der Waals surface area contributed by atoms with Crippen molar-refractivity contribution in [2.75, 3.05) is 20.1 Å². The summed E-state index contributed by atoms with van der Waals surface area (Å²) in [6.45, 7) is 22.0. The van der Waals surface area contributed by atoms with Crippen LogP contribution < -0.4 is 16.0 Å². The molecule has 0 spiro atoms. The number of carbonyl (C=O) groups is 4. The lowest BCUT2D eigenvalue weighted by molar-refractivity contribution is -0.189. The summed E-state index contributed by atoms with van der Waals surface area (Å²) in [7, 11) is 1.30. The molecule has 1 amide bonds. The largest absolute Gasteiger partial charge is 0.460 e. The van der Waals surface area contributed by atoms with Gasteiger partial charge in [0.25, 0.3) is 0 Å². The number of esters is 3. The van der Waals surface area contributed by atoms with Crippen molar-refractivity contribution in [3.63, 3.8) is 0 Å². The molecule has 3 N–H and O–H groups in total. The molecule has 0 aliphatic rings. The number of nitrogens with zero attached hydrogens (tertiary/aromatic N) is 1. The van der Waals surface area contributed by atoms with Crippen molar-refractivity contribution in [2.45, 2.75) is 149 Å². The van der Waals surface area contributed by atoms with Gasteiger partial charge in [0.2, 0.25) is 5.66 Å². The van der Waals surface area contributed by atoms with E-state index in [0.29, 0.717) is 13.0 Å². The van der Waals surface area contributed by atoms with Gasteiger partial charge in [0, 0.05) is 13.0 Å². The van der Waals surface area contributed by atoms with Gasteiger partial charge in [-0.1, -0.05) is 11.4 Å². The second-order valence-corrected chi connectivity index (χ2v) is 14.5. The minimum Gasteiger partial charge on any atom is -0.460 e. The predicted molar refractivity (Wildman–Crippen MR) is 161 cm³/mol. The maximum absolute atomic E-state index is 16.1. The minimum absolute atomic E-state index is 0.0186. The van der Waals surface area contributed by atoms with Crippen LogP contribution >= 0.6 is 0 Å². The first-order valence-corrected chi connectivity index (χ1v) is 14.8. The van der Waals surface area contributed by atoms with Crippen LogP contribution in [0.15, 0.2) is 0 Å². The predicted octanol–water partition coefficient (Wildman–Crippen LogP) is 4.50. The van der Waals surface area contributed by atoms with Gasteiger partial charge < -0.3 is 18.9 Å². The molecular formula is C30H57FN4O8. The molecular weight excluding hydrogens is 563 g/mol. The van der Waals surface area contributed by atoms with Gasteiger partial charge in [-0.05, 0) is 110 Å². The zero-order chi connectivity index (χ0) is 34.1. The average molecular weight is 621 g/mol. The molecule has 0 saturated heterocycles. The maximum atomic E-state index is 16.1. The maximum Gasteiger partial charge on any atom is 0.441 e. The van der Waals surface area contributed by atoms with Crippen molar-refractivity contribution in [1.82, 2.24) is 21.1 Å². The molecule has 0 aromatic rings. The van der Waals surface area contributed by atoms with Crippen molar-refractivity contribution in [2.24, 2.45) is 0 Å². The van der Waals surface area contributed by atoms with Crippen molar-refractivity contribution >= 4 is 24.0 Å². The summed E-state index contributed by atoms with van der Waals surface area (Å²) in [5.41, 5.74) is -7.82. The Bertz CT molecular complexity index is 950. The lowest BCUT2D eigenvalue weighted by Crippen LogP contribution is -2.68. The van der Waals surface area contributed by atoms with Crippen LogP contribution in [0.1, 0.15) is 116 Å². The third kappa shape index (κ3) is 14.7. The molecule has 0 aliphatic carbocycles. The summed E-state index contributed by atoms with van der Waals surface area (Å²) in [4.78, 5) is 52.7. The molecule has 252 valence electrons. The summed E-state index contributed by atoms with van der Waals surface area (Å²) in [5.74, 6) is -2.33. The van der Waals surface area contributed by atoms with Crippen molar-refractivity contribution in [3.05, 3.63) is 0 Å². The number of carbonyl (C=O) groups excluding carboxylic acids is 4. The van der Waals surface area contributed by atoms with Gasteiger partial charge in [-0.3, -0.25) is 20.7 Å². The van der Waals surface area contributed by atoms with Crippen molar-refractivity contribution in [3.8, 4) is 0 Å². The minimum atomic E-state index is -2.40. The van der Waals surface area contributed by atoms with E-state index in [0.717, 1.165) is 0 Å². The van der Waals surface area contributed by atoms with E-state index in [1.165, 1.54) is 7.05 Å². The van der Waals surface area contributed by atoms with Gasteiger partial charge >= 0.3 is 24.0 Å². The van der Waals surface area contributed by atoms with E-state index < -0.39 is 64.2 Å². The van der Waals surface area contributed by atoms with Crippen LogP contribution in [0.5, 0.6) is 0 Å². The van der Waals surface area contributed by atoms with Crippen molar-refractivity contribution in [1.29, 1.82) is 0 Å². The topological polar surface area (TPSA) is 145 Å². The SMILES string of the molecule is CCCNC(CCC(NC)(C(=O)OC(C)(C)C)N(F)C(=O)OC(C)(C)C)(NCCC(=O)OC(C)(C)C)C(=O)OC(C)(C)C. The molecule has 0 fully saturated rings. The molecule has 2 unspecified atom stereocenters. The molecule has 0 rings (SSSR count). The van der Waals surface area contributed by atoms with Crippen LogP contribution in [0.3, 0.4) is 0 Å². The van der Waals surface area contributed by atoms with Crippen LogP contribution in [-0.2, 0) is 33.3 Å². The number of likely N-dealkylation sites (N-methyl/N-ethyl adjacent to an activating group) is 1. The Labute approximate surface area is 257 Å². The normalized spacial score (nSPS) is 15.5. The molecule has 43 heavy (non-hydrogen) atoms. The van der Waals surface area contributed by atoms with E-state index in [1.54, 1.807) is 83.1 Å². The Morgan fingerprint density at radius 1 is 0.651 bits per heavy atom. The smallest absolute Gasteiger partial charge is 0.441 e. The monoisotopic (exact) mass is 620 g/mol. The van der Waals surface area contributed by atoms with Crippen LogP contribution in [0.2, 0.25) is 0 Å². The van der Waals surface area contributed by atoms with Crippen LogP contribution in [0.25, 0.3) is 0 Å². The molecule has 12 nitrogen and oxygen atoms in total. The van der Waals surface area contributed by atoms with Crippen LogP contribution in [0.4, 0.5) is 9.28 Å². The Kier molecular flexibility index (Phi) is 14.6. The molecule has 0 heterocycles. The summed E-state index contributed by atoms with van der Waals surface area (Å²) in [5, 5.41) is 8.49. The van der Waals surface area contributed by atoms with Gasteiger partial charge in [0.15, 0.2) is 5.66 Å². The highest BCUT2D eigenvalue weighted by Crippen LogP contribution is 2.30. The average Bonchev–Trinajstić information content (AvgIpc) is 2.77. The van der Waals surface area contributed by atoms with Gasteiger partial charge in [-0.25, -0.2) is 14.4 Å². The van der Waals surface area contributed by atoms with Crippen molar-refractivity contribution < 1.29 is 42.6 Å². The molecule has 0 aromatic heterocycles. The van der Waals surface area contributed by atoms with Crippen LogP contribution in [0, 0.1) is 0 Å². The van der Waals surface area contributed by atoms with Gasteiger partial charge in [-0.15, -0.1) is 5.12 Å². The fourth-order valence-electron chi connectivity index (χ4n) is 3.75. The fourth-order valence-corrected chi connectivity index (χ4v) is 3.75. The highest BCUT2D eigenvalue weighted by atomic mass is 19.2. The highest BCUT2D eigenvalue weighted by Gasteiger charge is 2.53. The quantitative estimate of drug-likeness (QED) is 0.109. The molecule has 0 aromatic carbocycles. The standard InChI is InChI=1S/C30H57FN4O8/c1-15-19-33-29(22(37)41-26(5,6)7,34-20-16-21(36)40-25(2,3)4)17-18-30(32-14,23(38)42-27(8,9)10)35(31)24(39)43-28(11,12)13/h32-34H,15-20H2,1-14H3. The zero-order valence-electron chi connectivity index (χ0n) is 28.8. The lowest BCUT2D eigenvalue weighted by atomic mass is 9.94. The van der Waals surface area contributed by atoms with E-state index in [4.69, 9.17) is 18.9 Å². The summed E-state index contributed by atoms with van der Waals surface area (Å²) < 4.78 is 37.9. The second kappa shape index (κ2) is 15.5. The first-order valence-electron chi connectivity index (χ1n) is 14.8. The second-order valence-electron chi connectivity index (χ2n) is 14.5. The van der Waals surface area contributed by atoms with Gasteiger partial charge in [-0.2, -0.15) is 0 Å².